The molecule has 0 aliphatic rings. The summed E-state index contributed by atoms with van der Waals surface area (Å²) in [5.74, 6) is -0.591. The third-order valence-corrected chi connectivity index (χ3v) is 5.38. The summed E-state index contributed by atoms with van der Waals surface area (Å²) in [5.41, 5.74) is 2.37. The maximum atomic E-state index is 12.6. The Morgan fingerprint density at radius 2 is 1.65 bits per heavy atom. The number of methoxy groups -OCH3 is 1. The summed E-state index contributed by atoms with van der Waals surface area (Å²) >= 11 is 0. The molecular formula is C28H39N3O6. The number of nitrogens with one attached hydrogen (secondary N) is 1. The Labute approximate surface area is 219 Å². The van der Waals surface area contributed by atoms with Crippen LogP contribution < -0.4 is 5.32 Å². The van der Waals surface area contributed by atoms with Crippen molar-refractivity contribution in [1.29, 1.82) is 0 Å². The lowest BCUT2D eigenvalue weighted by Crippen LogP contribution is -2.50. The molecular weight excluding hydrogens is 474 g/mol. The zero-order valence-electron chi connectivity index (χ0n) is 22.7. The van der Waals surface area contributed by atoms with E-state index in [2.05, 4.69) is 11.4 Å². The number of rotatable bonds is 11. The minimum Gasteiger partial charge on any atom is -0.467 e. The summed E-state index contributed by atoms with van der Waals surface area (Å²) in [6.45, 7) is 8.96. The lowest BCUT2D eigenvalue weighted by atomic mass is 10.1. The highest BCUT2D eigenvalue weighted by molar-refractivity contribution is 5.81. The van der Waals surface area contributed by atoms with Crippen molar-refractivity contribution in [3.63, 3.8) is 0 Å². The van der Waals surface area contributed by atoms with Crippen molar-refractivity contribution in [2.24, 2.45) is 0 Å². The fraction of sp³-hybridized carbons (Fsp3) is 0.464. The molecule has 0 saturated carbocycles. The Balaban J connectivity index is 2.10. The van der Waals surface area contributed by atoms with Gasteiger partial charge in [-0.1, -0.05) is 60.2 Å². The second kappa shape index (κ2) is 14.2. The first-order valence-corrected chi connectivity index (χ1v) is 12.2. The van der Waals surface area contributed by atoms with Crippen LogP contribution in [0.1, 0.15) is 37.5 Å². The topological polar surface area (TPSA) is 97.4 Å². The molecule has 0 heterocycles. The molecule has 1 atom stereocenters. The van der Waals surface area contributed by atoms with E-state index in [1.165, 1.54) is 12.0 Å². The van der Waals surface area contributed by atoms with E-state index < -0.39 is 29.8 Å². The number of alkyl carbamates (subject to hydrolysis) is 1. The van der Waals surface area contributed by atoms with Gasteiger partial charge < -0.3 is 24.4 Å². The molecule has 9 nitrogen and oxygen atoms in total. The van der Waals surface area contributed by atoms with Crippen LogP contribution in [0.25, 0.3) is 0 Å². The number of aryl methyl sites for hydroxylation is 1. The highest BCUT2D eigenvalue weighted by Crippen LogP contribution is 2.12. The summed E-state index contributed by atoms with van der Waals surface area (Å²) in [7, 11) is 2.93. The number of ether oxygens (including phenoxy) is 3. The van der Waals surface area contributed by atoms with Crippen LogP contribution in [0, 0.1) is 6.92 Å². The Kier molecular flexibility index (Phi) is 11.4. The van der Waals surface area contributed by atoms with E-state index in [1.54, 1.807) is 7.05 Å². The molecule has 9 heteroatoms. The van der Waals surface area contributed by atoms with Gasteiger partial charge in [0.15, 0.2) is 0 Å². The molecule has 1 N–H and O–H groups in total. The van der Waals surface area contributed by atoms with Crippen LogP contribution in [0.5, 0.6) is 0 Å². The van der Waals surface area contributed by atoms with E-state index in [0.29, 0.717) is 19.6 Å². The number of esters is 1. The van der Waals surface area contributed by atoms with E-state index in [9.17, 15) is 14.4 Å². The van der Waals surface area contributed by atoms with Crippen molar-refractivity contribution in [3.05, 3.63) is 71.3 Å². The van der Waals surface area contributed by atoms with Gasteiger partial charge in [-0.15, -0.1) is 0 Å². The third kappa shape index (κ3) is 11.3. The summed E-state index contributed by atoms with van der Waals surface area (Å²) in [6, 6.07) is 16.3. The fourth-order valence-corrected chi connectivity index (χ4v) is 3.51. The third-order valence-electron chi connectivity index (χ3n) is 5.38. The van der Waals surface area contributed by atoms with Crippen molar-refractivity contribution in [3.8, 4) is 0 Å². The van der Waals surface area contributed by atoms with Crippen LogP contribution >= 0.6 is 0 Å². The first-order valence-electron chi connectivity index (χ1n) is 12.2. The maximum Gasteiger partial charge on any atom is 0.410 e. The highest BCUT2D eigenvalue weighted by Gasteiger charge is 2.26. The molecule has 0 bridgehead atoms. The van der Waals surface area contributed by atoms with Crippen molar-refractivity contribution in [2.45, 2.75) is 52.5 Å². The molecule has 0 saturated heterocycles. The summed E-state index contributed by atoms with van der Waals surface area (Å²) < 4.78 is 15.7. The van der Waals surface area contributed by atoms with Crippen LogP contribution in [0.4, 0.5) is 9.59 Å². The molecule has 0 aliphatic carbocycles. The molecule has 202 valence electrons. The normalized spacial score (nSPS) is 12.0. The van der Waals surface area contributed by atoms with Crippen molar-refractivity contribution in [1.82, 2.24) is 15.1 Å². The molecule has 2 amide bonds. The predicted octanol–water partition coefficient (Wildman–Crippen LogP) is 4.13. The van der Waals surface area contributed by atoms with Gasteiger partial charge in [-0.3, -0.25) is 4.90 Å². The molecule has 0 aromatic heterocycles. The van der Waals surface area contributed by atoms with Gasteiger partial charge in [0.05, 0.1) is 7.11 Å². The number of hydrogen-bond donors (Lipinski definition) is 1. The molecule has 0 fully saturated rings. The Morgan fingerprint density at radius 3 is 2.27 bits per heavy atom. The van der Waals surface area contributed by atoms with Crippen molar-refractivity contribution in [2.75, 3.05) is 33.8 Å². The molecule has 0 radical (unpaired) electrons. The van der Waals surface area contributed by atoms with Crippen molar-refractivity contribution >= 4 is 18.2 Å². The van der Waals surface area contributed by atoms with Gasteiger partial charge in [-0.05, 0) is 38.8 Å². The number of carbonyl (C=O) groups is 3. The summed E-state index contributed by atoms with van der Waals surface area (Å²) in [4.78, 5) is 40.9. The monoisotopic (exact) mass is 513 g/mol. The molecule has 0 unspecified atom stereocenters. The molecule has 2 aromatic carbocycles. The molecule has 2 aromatic rings. The van der Waals surface area contributed by atoms with Crippen LogP contribution in [0.3, 0.4) is 0 Å². The largest absolute Gasteiger partial charge is 0.467 e. The van der Waals surface area contributed by atoms with Gasteiger partial charge in [0, 0.05) is 33.2 Å². The fourth-order valence-electron chi connectivity index (χ4n) is 3.51. The van der Waals surface area contributed by atoms with Crippen LogP contribution in [0.15, 0.2) is 54.6 Å². The van der Waals surface area contributed by atoms with Gasteiger partial charge in [0.1, 0.15) is 18.2 Å². The predicted molar refractivity (Wildman–Crippen MR) is 141 cm³/mol. The van der Waals surface area contributed by atoms with E-state index in [4.69, 9.17) is 14.2 Å². The lowest BCUT2D eigenvalue weighted by Gasteiger charge is -2.29. The van der Waals surface area contributed by atoms with Gasteiger partial charge in [0.25, 0.3) is 0 Å². The summed E-state index contributed by atoms with van der Waals surface area (Å²) in [6.07, 6.45) is -1.16. The molecule has 2 rings (SSSR count). The Morgan fingerprint density at radius 1 is 0.973 bits per heavy atom. The van der Waals surface area contributed by atoms with E-state index in [-0.39, 0.29) is 13.2 Å². The van der Waals surface area contributed by atoms with Gasteiger partial charge in [-0.2, -0.15) is 0 Å². The van der Waals surface area contributed by atoms with Crippen LogP contribution in [-0.4, -0.2) is 73.4 Å². The number of amides is 2. The van der Waals surface area contributed by atoms with Crippen LogP contribution in [-0.2, 0) is 32.2 Å². The standard InChI is InChI=1S/C28H39N3O6/c1-21-11-10-14-23(17-21)18-31(16-15-30(5)27(34)37-28(2,3)4)19-24(25(32)35-6)29-26(33)36-20-22-12-8-7-9-13-22/h7-14,17,24H,15-16,18-20H2,1-6H3,(H,29,33)/t24-/m0/s1. The summed E-state index contributed by atoms with van der Waals surface area (Å²) in [5, 5.41) is 2.62. The quantitative estimate of drug-likeness (QED) is 0.356. The Bertz CT molecular complexity index is 1020. The van der Waals surface area contributed by atoms with Crippen LogP contribution in [0.2, 0.25) is 0 Å². The number of carbonyl (C=O) groups excluding carboxylic acids is 3. The maximum absolute atomic E-state index is 12.6. The van der Waals surface area contributed by atoms with Crippen molar-refractivity contribution < 1.29 is 28.6 Å². The zero-order chi connectivity index (χ0) is 27.4. The average Bonchev–Trinajstić information content (AvgIpc) is 2.84. The lowest BCUT2D eigenvalue weighted by molar-refractivity contribution is -0.143. The number of hydrogen-bond acceptors (Lipinski definition) is 7. The molecule has 37 heavy (non-hydrogen) atoms. The minimum absolute atomic E-state index is 0.0776. The van der Waals surface area contributed by atoms with E-state index >= 15 is 0 Å². The first-order chi connectivity index (χ1) is 17.5. The van der Waals surface area contributed by atoms with Gasteiger partial charge in [-0.25, -0.2) is 14.4 Å². The molecule has 0 aliphatic heterocycles. The van der Waals surface area contributed by atoms with E-state index in [1.807, 2.05) is 81.1 Å². The SMILES string of the molecule is COC(=O)[C@H](CN(CCN(C)C(=O)OC(C)(C)C)Cc1cccc(C)c1)NC(=O)OCc1ccccc1. The average molecular weight is 514 g/mol. The van der Waals surface area contributed by atoms with Gasteiger partial charge >= 0.3 is 18.2 Å². The minimum atomic E-state index is -0.968. The first kappa shape index (κ1) is 29.6. The van der Waals surface area contributed by atoms with E-state index in [0.717, 1.165) is 16.7 Å². The number of benzene rings is 2. The Hall–Kier alpha value is -3.59. The second-order valence-electron chi connectivity index (χ2n) is 9.91. The zero-order valence-corrected chi connectivity index (χ0v) is 22.7. The van der Waals surface area contributed by atoms with Gasteiger partial charge in [0.2, 0.25) is 0 Å². The highest BCUT2D eigenvalue weighted by atomic mass is 16.6. The second-order valence-corrected chi connectivity index (χ2v) is 9.91. The number of nitrogens with zero attached hydrogens (tertiary/aromatic N) is 2. The molecule has 0 spiro atoms. The smallest absolute Gasteiger partial charge is 0.410 e. The number of likely N-dealkylation sites (N-methyl/N-ethyl adjacent to an activating group) is 1.